The Kier molecular flexibility index (Phi) is 2.69. The highest BCUT2D eigenvalue weighted by Gasteiger charge is 2.00. The molecule has 2 aromatic heterocycles. The van der Waals surface area contributed by atoms with E-state index in [0.29, 0.717) is 16.8 Å². The Hall–Kier alpha value is -1.49. The maximum absolute atomic E-state index is 5.55. The van der Waals surface area contributed by atoms with Crippen molar-refractivity contribution in [3.8, 4) is 0 Å². The summed E-state index contributed by atoms with van der Waals surface area (Å²) in [6, 6.07) is 5.57. The summed E-state index contributed by atoms with van der Waals surface area (Å²) in [6.45, 7) is 0. The van der Waals surface area contributed by atoms with Crippen molar-refractivity contribution in [2.75, 3.05) is 5.73 Å². The Morgan fingerprint density at radius 3 is 3.07 bits per heavy atom. The van der Waals surface area contributed by atoms with Crippen LogP contribution < -0.4 is 5.73 Å². The second kappa shape index (κ2) is 4.15. The molecule has 72 valence electrons. The quantitative estimate of drug-likeness (QED) is 0.779. The zero-order valence-electron chi connectivity index (χ0n) is 7.38. The van der Waals surface area contributed by atoms with Gasteiger partial charge >= 0.3 is 0 Å². The number of anilines is 1. The van der Waals surface area contributed by atoms with E-state index >= 15 is 0 Å². The van der Waals surface area contributed by atoms with E-state index in [0.717, 1.165) is 5.69 Å². The van der Waals surface area contributed by atoms with Crippen molar-refractivity contribution in [2.45, 2.75) is 11.0 Å². The first-order valence-corrected chi connectivity index (χ1v) is 5.07. The third-order valence-electron chi connectivity index (χ3n) is 1.58. The maximum Gasteiger partial charge on any atom is 0.255 e. The molecule has 0 bridgehead atoms. The van der Waals surface area contributed by atoms with Gasteiger partial charge in [-0.25, -0.2) is 9.97 Å². The molecular weight excluding hydrogens is 198 g/mol. The van der Waals surface area contributed by atoms with Crippen LogP contribution in [0.25, 0.3) is 0 Å². The zero-order valence-corrected chi connectivity index (χ0v) is 8.20. The SMILES string of the molecule is Nc1cccc(CSc2ncco2)n1. The van der Waals surface area contributed by atoms with Crippen LogP contribution in [0.3, 0.4) is 0 Å². The molecule has 2 N–H and O–H groups in total. The number of nitrogens with two attached hydrogens (primary N) is 1. The van der Waals surface area contributed by atoms with Gasteiger partial charge in [0.15, 0.2) is 0 Å². The topological polar surface area (TPSA) is 64.9 Å². The molecule has 2 heterocycles. The summed E-state index contributed by atoms with van der Waals surface area (Å²) in [5.41, 5.74) is 6.47. The van der Waals surface area contributed by atoms with E-state index in [-0.39, 0.29) is 0 Å². The molecule has 0 aromatic carbocycles. The fraction of sp³-hybridized carbons (Fsp3) is 0.111. The molecule has 2 aromatic rings. The number of nitrogens with zero attached hydrogens (tertiary/aromatic N) is 2. The minimum absolute atomic E-state index is 0.538. The fourth-order valence-corrected chi connectivity index (χ4v) is 1.69. The molecule has 0 aliphatic rings. The number of pyridine rings is 1. The molecule has 0 unspecified atom stereocenters. The third-order valence-corrected chi connectivity index (χ3v) is 2.47. The molecule has 0 aliphatic heterocycles. The average molecular weight is 207 g/mol. The van der Waals surface area contributed by atoms with Gasteiger partial charge in [-0.2, -0.15) is 0 Å². The van der Waals surface area contributed by atoms with Crippen LogP contribution in [-0.2, 0) is 5.75 Å². The van der Waals surface area contributed by atoms with Crippen LogP contribution in [0.5, 0.6) is 0 Å². The molecule has 0 amide bonds. The number of oxazole rings is 1. The largest absolute Gasteiger partial charge is 0.440 e. The van der Waals surface area contributed by atoms with Crippen LogP contribution in [0.15, 0.2) is 40.3 Å². The van der Waals surface area contributed by atoms with Gasteiger partial charge in [-0.05, 0) is 12.1 Å². The molecule has 0 radical (unpaired) electrons. The molecule has 0 fully saturated rings. The van der Waals surface area contributed by atoms with E-state index < -0.39 is 0 Å². The minimum atomic E-state index is 0.538. The summed E-state index contributed by atoms with van der Waals surface area (Å²) >= 11 is 1.49. The van der Waals surface area contributed by atoms with Crippen LogP contribution in [-0.4, -0.2) is 9.97 Å². The van der Waals surface area contributed by atoms with Crippen LogP contribution in [0.1, 0.15) is 5.69 Å². The standard InChI is InChI=1S/C9H9N3OS/c10-8-3-1-2-7(12-8)6-14-9-11-4-5-13-9/h1-5H,6H2,(H2,10,12). The lowest BCUT2D eigenvalue weighted by atomic mass is 10.4. The summed E-state index contributed by atoms with van der Waals surface area (Å²) in [7, 11) is 0. The first-order valence-electron chi connectivity index (χ1n) is 4.08. The van der Waals surface area contributed by atoms with Crippen molar-refractivity contribution >= 4 is 17.6 Å². The summed E-state index contributed by atoms with van der Waals surface area (Å²) in [6.07, 6.45) is 3.17. The van der Waals surface area contributed by atoms with Crippen LogP contribution in [0.4, 0.5) is 5.82 Å². The summed E-state index contributed by atoms with van der Waals surface area (Å²) in [5.74, 6) is 1.25. The molecule has 0 spiro atoms. The summed E-state index contributed by atoms with van der Waals surface area (Å²) in [4.78, 5) is 8.15. The van der Waals surface area contributed by atoms with Crippen molar-refractivity contribution < 1.29 is 4.42 Å². The smallest absolute Gasteiger partial charge is 0.255 e. The van der Waals surface area contributed by atoms with Crippen molar-refractivity contribution in [1.29, 1.82) is 0 Å². The lowest BCUT2D eigenvalue weighted by Crippen LogP contribution is -1.93. The van der Waals surface area contributed by atoms with Crippen LogP contribution in [0.2, 0.25) is 0 Å². The van der Waals surface area contributed by atoms with E-state index in [1.54, 1.807) is 18.5 Å². The predicted octanol–water partition coefficient (Wildman–Crippen LogP) is 1.94. The molecule has 5 heteroatoms. The molecule has 14 heavy (non-hydrogen) atoms. The highest BCUT2D eigenvalue weighted by molar-refractivity contribution is 7.98. The number of thioether (sulfide) groups is 1. The van der Waals surface area contributed by atoms with Gasteiger partial charge in [0.25, 0.3) is 5.22 Å². The van der Waals surface area contributed by atoms with E-state index in [1.807, 2.05) is 12.1 Å². The average Bonchev–Trinajstić information content (AvgIpc) is 2.67. The van der Waals surface area contributed by atoms with E-state index in [2.05, 4.69) is 9.97 Å². The zero-order chi connectivity index (χ0) is 9.80. The second-order valence-corrected chi connectivity index (χ2v) is 3.57. The Morgan fingerprint density at radius 2 is 2.36 bits per heavy atom. The first-order chi connectivity index (χ1) is 6.84. The highest BCUT2D eigenvalue weighted by atomic mass is 32.2. The van der Waals surface area contributed by atoms with E-state index in [4.69, 9.17) is 10.2 Å². The van der Waals surface area contributed by atoms with Gasteiger partial charge in [-0.15, -0.1) is 0 Å². The number of aromatic nitrogens is 2. The van der Waals surface area contributed by atoms with Crippen LogP contribution >= 0.6 is 11.8 Å². The Bertz CT molecular complexity index is 402. The normalized spacial score (nSPS) is 10.3. The maximum atomic E-state index is 5.55. The number of nitrogen functional groups attached to an aromatic ring is 1. The highest BCUT2D eigenvalue weighted by Crippen LogP contribution is 2.19. The van der Waals surface area contributed by atoms with Crippen molar-refractivity contribution in [1.82, 2.24) is 9.97 Å². The van der Waals surface area contributed by atoms with Gasteiger partial charge < -0.3 is 10.2 Å². The molecule has 0 atom stereocenters. The Labute approximate surface area is 85.6 Å². The van der Waals surface area contributed by atoms with Gasteiger partial charge in [0.1, 0.15) is 12.1 Å². The molecule has 2 rings (SSSR count). The van der Waals surface area contributed by atoms with E-state index in [9.17, 15) is 0 Å². The van der Waals surface area contributed by atoms with Crippen molar-refractivity contribution in [3.05, 3.63) is 36.4 Å². The molecule has 0 aliphatic carbocycles. The van der Waals surface area contributed by atoms with Gasteiger partial charge in [0.05, 0.1) is 11.9 Å². The van der Waals surface area contributed by atoms with Gasteiger partial charge in [0, 0.05) is 5.75 Å². The molecule has 4 nitrogen and oxygen atoms in total. The van der Waals surface area contributed by atoms with Gasteiger partial charge in [0.2, 0.25) is 0 Å². The van der Waals surface area contributed by atoms with Gasteiger partial charge in [-0.3, -0.25) is 0 Å². The minimum Gasteiger partial charge on any atom is -0.440 e. The number of hydrogen-bond acceptors (Lipinski definition) is 5. The predicted molar refractivity (Wildman–Crippen MR) is 54.7 cm³/mol. The molecular formula is C9H9N3OS. The van der Waals surface area contributed by atoms with E-state index in [1.165, 1.54) is 11.8 Å². The second-order valence-electron chi connectivity index (χ2n) is 2.64. The Morgan fingerprint density at radius 1 is 1.43 bits per heavy atom. The number of rotatable bonds is 3. The Balaban J connectivity index is 1.98. The summed E-state index contributed by atoms with van der Waals surface area (Å²) < 4.78 is 5.08. The van der Waals surface area contributed by atoms with Crippen LogP contribution in [0, 0.1) is 0 Å². The van der Waals surface area contributed by atoms with Crippen molar-refractivity contribution in [3.63, 3.8) is 0 Å². The lowest BCUT2D eigenvalue weighted by molar-refractivity contribution is 0.454. The van der Waals surface area contributed by atoms with Crippen molar-refractivity contribution in [2.24, 2.45) is 0 Å². The fourth-order valence-electron chi connectivity index (χ4n) is 0.996. The van der Waals surface area contributed by atoms with Gasteiger partial charge in [-0.1, -0.05) is 17.8 Å². The third kappa shape index (κ3) is 2.26. The monoisotopic (exact) mass is 207 g/mol. The first kappa shape index (κ1) is 9.08. The number of hydrogen-bond donors (Lipinski definition) is 1. The molecule has 0 saturated carbocycles. The summed E-state index contributed by atoms with van der Waals surface area (Å²) in [5, 5.41) is 0.647. The molecule has 0 saturated heterocycles. The lowest BCUT2D eigenvalue weighted by Gasteiger charge is -1.98.